The van der Waals surface area contributed by atoms with Crippen molar-refractivity contribution in [2.24, 2.45) is 4.99 Å². The van der Waals surface area contributed by atoms with Crippen LogP contribution in [0.3, 0.4) is 0 Å². The van der Waals surface area contributed by atoms with Crippen LogP contribution in [0.25, 0.3) is 0 Å². The monoisotopic (exact) mass is 141 g/mol. The summed E-state index contributed by atoms with van der Waals surface area (Å²) in [6.07, 6.45) is 2.78. The Labute approximate surface area is 62.6 Å². The van der Waals surface area contributed by atoms with Gasteiger partial charge in [-0.3, -0.25) is 0 Å². The molecule has 0 N–H and O–H groups in total. The van der Waals surface area contributed by atoms with Crippen LogP contribution < -0.4 is 0 Å². The molecule has 0 aliphatic carbocycles. The van der Waals surface area contributed by atoms with Crippen LogP contribution in [0.4, 0.5) is 0 Å². The number of hydrogen-bond donors (Lipinski definition) is 0. The predicted molar refractivity (Wildman–Crippen MR) is 44.2 cm³/mol. The molecule has 10 heavy (non-hydrogen) atoms. The molecule has 0 saturated heterocycles. The predicted octanol–water partition coefficient (Wildman–Crippen LogP) is 2.37. The average molecular weight is 141 g/mol. The fraction of sp³-hybridized carbons (Fsp3) is 0.625. The fourth-order valence-electron chi connectivity index (χ4n) is 0.560. The molecule has 0 saturated carbocycles. The average Bonchev–Trinajstić information content (AvgIpc) is 1.89. The summed E-state index contributed by atoms with van der Waals surface area (Å²) in [6.45, 7) is 6.00. The molecular weight excluding hydrogens is 126 g/mol. The number of rotatable bonds is 3. The number of methoxy groups -OCH3 is 1. The molecule has 0 radical (unpaired) electrons. The maximum absolute atomic E-state index is 5.00. The van der Waals surface area contributed by atoms with Gasteiger partial charge in [0.2, 0.25) is 5.88 Å². The van der Waals surface area contributed by atoms with Crippen molar-refractivity contribution in [2.75, 3.05) is 7.11 Å². The first-order valence-electron chi connectivity index (χ1n) is 3.46. The lowest BCUT2D eigenvalue weighted by Crippen LogP contribution is -1.85. The van der Waals surface area contributed by atoms with Crippen molar-refractivity contribution in [3.05, 3.63) is 11.5 Å². The van der Waals surface area contributed by atoms with E-state index in [4.69, 9.17) is 4.74 Å². The van der Waals surface area contributed by atoms with Crippen LogP contribution in [-0.2, 0) is 4.74 Å². The second-order valence-corrected chi connectivity index (χ2v) is 2.23. The minimum absolute atomic E-state index is 0.724. The van der Waals surface area contributed by atoms with E-state index in [1.165, 1.54) is 0 Å². The summed E-state index contributed by atoms with van der Waals surface area (Å²) in [7, 11) is 1.63. The normalized spacial score (nSPS) is 10.0. The highest BCUT2D eigenvalue weighted by Gasteiger charge is 1.91. The summed E-state index contributed by atoms with van der Waals surface area (Å²) in [4.78, 5) is 4.09. The Kier molecular flexibility index (Phi) is 4.63. The van der Waals surface area contributed by atoms with E-state index in [2.05, 4.69) is 4.99 Å². The van der Waals surface area contributed by atoms with Crippen molar-refractivity contribution in [1.82, 2.24) is 0 Å². The zero-order valence-corrected chi connectivity index (χ0v) is 7.14. The van der Waals surface area contributed by atoms with Gasteiger partial charge < -0.3 is 4.74 Å². The smallest absolute Gasteiger partial charge is 0.211 e. The highest BCUT2D eigenvalue weighted by molar-refractivity contribution is 5.58. The lowest BCUT2D eigenvalue weighted by molar-refractivity contribution is 0.284. The van der Waals surface area contributed by atoms with Crippen molar-refractivity contribution in [2.45, 2.75) is 27.2 Å². The van der Waals surface area contributed by atoms with Gasteiger partial charge in [0.15, 0.2) is 0 Å². The first-order chi connectivity index (χ1) is 4.72. The van der Waals surface area contributed by atoms with Gasteiger partial charge in [0.05, 0.1) is 7.11 Å². The van der Waals surface area contributed by atoms with Crippen LogP contribution in [0.1, 0.15) is 27.2 Å². The Morgan fingerprint density at radius 3 is 2.40 bits per heavy atom. The van der Waals surface area contributed by atoms with Crippen molar-refractivity contribution in [3.63, 3.8) is 0 Å². The Morgan fingerprint density at radius 2 is 2.10 bits per heavy atom. The van der Waals surface area contributed by atoms with E-state index in [-0.39, 0.29) is 0 Å². The first kappa shape index (κ1) is 9.21. The van der Waals surface area contributed by atoms with E-state index in [0.29, 0.717) is 0 Å². The number of hydrogen-bond acceptors (Lipinski definition) is 2. The van der Waals surface area contributed by atoms with Crippen LogP contribution in [0.2, 0.25) is 0 Å². The Bertz CT molecular complexity index is 143. The zero-order valence-electron chi connectivity index (χ0n) is 7.14. The van der Waals surface area contributed by atoms with E-state index in [0.717, 1.165) is 17.9 Å². The topological polar surface area (TPSA) is 21.6 Å². The number of aliphatic imine (C=N–C) groups is 1. The fourth-order valence-corrected chi connectivity index (χ4v) is 0.560. The maximum atomic E-state index is 5.00. The van der Waals surface area contributed by atoms with Gasteiger partial charge in [-0.1, -0.05) is 6.92 Å². The van der Waals surface area contributed by atoms with E-state index < -0.39 is 0 Å². The molecule has 0 unspecified atom stereocenters. The van der Waals surface area contributed by atoms with Gasteiger partial charge in [-0.05, 0) is 25.8 Å². The molecule has 58 valence electrons. The Morgan fingerprint density at radius 1 is 1.50 bits per heavy atom. The SMILES string of the molecule is CC/C=N\C(OC)=C(C)C. The highest BCUT2D eigenvalue weighted by Crippen LogP contribution is 2.03. The molecule has 0 amide bonds. The molecule has 0 heterocycles. The summed E-state index contributed by atoms with van der Waals surface area (Å²) in [5, 5.41) is 0. The summed E-state index contributed by atoms with van der Waals surface area (Å²) >= 11 is 0. The van der Waals surface area contributed by atoms with Gasteiger partial charge >= 0.3 is 0 Å². The third-order valence-corrected chi connectivity index (χ3v) is 1.01. The maximum Gasteiger partial charge on any atom is 0.211 e. The van der Waals surface area contributed by atoms with E-state index in [1.807, 2.05) is 27.0 Å². The summed E-state index contributed by atoms with van der Waals surface area (Å²) in [5.74, 6) is 0.724. The third-order valence-electron chi connectivity index (χ3n) is 1.01. The van der Waals surface area contributed by atoms with Crippen LogP contribution in [0.15, 0.2) is 16.4 Å². The standard InChI is InChI=1S/C8H15NO/c1-5-6-9-8(10-4)7(2)3/h6H,5H2,1-4H3/b9-6-. The molecule has 0 bridgehead atoms. The minimum atomic E-state index is 0.724. The van der Waals surface area contributed by atoms with Crippen LogP contribution in [0, 0.1) is 0 Å². The van der Waals surface area contributed by atoms with Gasteiger partial charge in [-0.15, -0.1) is 0 Å². The molecule has 0 aromatic rings. The Hall–Kier alpha value is -0.790. The van der Waals surface area contributed by atoms with E-state index in [1.54, 1.807) is 7.11 Å². The van der Waals surface area contributed by atoms with Gasteiger partial charge in [0.25, 0.3) is 0 Å². The summed E-state index contributed by atoms with van der Waals surface area (Å²) in [5.41, 5.74) is 1.10. The summed E-state index contributed by atoms with van der Waals surface area (Å²) in [6, 6.07) is 0. The molecule has 0 rings (SSSR count). The molecule has 0 aromatic heterocycles. The lowest BCUT2D eigenvalue weighted by atomic mass is 10.4. The van der Waals surface area contributed by atoms with E-state index >= 15 is 0 Å². The van der Waals surface area contributed by atoms with Gasteiger partial charge in [-0.25, -0.2) is 4.99 Å². The number of ether oxygens (including phenoxy) is 1. The molecular formula is C8H15NO. The van der Waals surface area contributed by atoms with Crippen LogP contribution in [-0.4, -0.2) is 13.3 Å². The van der Waals surface area contributed by atoms with Crippen molar-refractivity contribution < 1.29 is 4.74 Å². The second-order valence-electron chi connectivity index (χ2n) is 2.23. The molecule has 0 aliphatic rings. The first-order valence-corrected chi connectivity index (χ1v) is 3.46. The van der Waals surface area contributed by atoms with Gasteiger partial charge in [0, 0.05) is 6.21 Å². The van der Waals surface area contributed by atoms with Crippen molar-refractivity contribution in [3.8, 4) is 0 Å². The molecule has 0 spiro atoms. The molecule has 2 nitrogen and oxygen atoms in total. The lowest BCUT2D eigenvalue weighted by Gasteiger charge is -2.00. The van der Waals surface area contributed by atoms with Crippen molar-refractivity contribution >= 4 is 6.21 Å². The molecule has 2 heteroatoms. The second kappa shape index (κ2) is 5.03. The quantitative estimate of drug-likeness (QED) is 0.436. The molecule has 0 aliphatic heterocycles. The molecule has 0 fully saturated rings. The molecule has 0 aromatic carbocycles. The number of nitrogens with zero attached hydrogens (tertiary/aromatic N) is 1. The zero-order chi connectivity index (χ0) is 7.98. The van der Waals surface area contributed by atoms with Crippen molar-refractivity contribution in [1.29, 1.82) is 0 Å². The van der Waals surface area contributed by atoms with Crippen LogP contribution in [0.5, 0.6) is 0 Å². The highest BCUT2D eigenvalue weighted by atomic mass is 16.5. The van der Waals surface area contributed by atoms with Gasteiger partial charge in [-0.2, -0.15) is 0 Å². The summed E-state index contributed by atoms with van der Waals surface area (Å²) < 4.78 is 5.00. The molecule has 0 atom stereocenters. The minimum Gasteiger partial charge on any atom is -0.481 e. The van der Waals surface area contributed by atoms with Gasteiger partial charge in [0.1, 0.15) is 0 Å². The number of allylic oxidation sites excluding steroid dienone is 1. The van der Waals surface area contributed by atoms with E-state index in [9.17, 15) is 0 Å². The largest absolute Gasteiger partial charge is 0.481 e. The Balaban J connectivity index is 4.10. The van der Waals surface area contributed by atoms with Crippen LogP contribution >= 0.6 is 0 Å². The third kappa shape index (κ3) is 3.28.